The molecule has 0 heterocycles. The molecule has 0 aliphatic carbocycles. The van der Waals surface area contributed by atoms with Crippen LogP contribution < -0.4 is 0 Å². The van der Waals surface area contributed by atoms with Crippen LogP contribution in [-0.2, 0) is 19.6 Å². The van der Waals surface area contributed by atoms with Crippen molar-refractivity contribution in [1.29, 1.82) is 0 Å². The smallest absolute Gasteiger partial charge is 0.224 e. The maximum Gasteiger partial charge on any atom is 0.224 e. The highest BCUT2D eigenvalue weighted by Gasteiger charge is 2.30. The largest absolute Gasteiger partial charge is 0.249 e. The molecule has 0 amide bonds. The summed E-state index contributed by atoms with van der Waals surface area (Å²) in [6.07, 6.45) is 0.939. The molecule has 0 spiro atoms. The SMILES string of the molecule is CC(C)CC(C)(C)CC(OO)OOC(CC(C)(C)CC(C)C)OO. The van der Waals surface area contributed by atoms with Gasteiger partial charge in [0.1, 0.15) is 0 Å². The molecular formula is C18H38O6. The Balaban J connectivity index is 4.52. The van der Waals surface area contributed by atoms with Crippen molar-refractivity contribution in [3.8, 4) is 0 Å². The molecule has 0 fully saturated rings. The summed E-state index contributed by atoms with van der Waals surface area (Å²) >= 11 is 0. The molecule has 6 heteroatoms. The summed E-state index contributed by atoms with van der Waals surface area (Å²) in [4.78, 5) is 19.1. The van der Waals surface area contributed by atoms with Crippen LogP contribution in [0.3, 0.4) is 0 Å². The van der Waals surface area contributed by atoms with Gasteiger partial charge in [0.2, 0.25) is 12.6 Å². The first kappa shape index (κ1) is 23.8. The first-order valence-corrected chi connectivity index (χ1v) is 8.83. The maximum atomic E-state index is 9.05. The third-order valence-corrected chi connectivity index (χ3v) is 3.87. The predicted octanol–water partition coefficient (Wildman–Crippen LogP) is 5.49. The zero-order valence-electron chi connectivity index (χ0n) is 16.7. The fraction of sp³-hybridized carbons (Fsp3) is 1.00. The quantitative estimate of drug-likeness (QED) is 0.260. The molecule has 0 aromatic heterocycles. The van der Waals surface area contributed by atoms with Gasteiger partial charge >= 0.3 is 0 Å². The van der Waals surface area contributed by atoms with Crippen LogP contribution in [-0.4, -0.2) is 23.1 Å². The number of hydrogen-bond acceptors (Lipinski definition) is 6. The predicted molar refractivity (Wildman–Crippen MR) is 92.9 cm³/mol. The van der Waals surface area contributed by atoms with E-state index in [1.807, 2.05) is 0 Å². The number of hydrogen-bond donors (Lipinski definition) is 2. The van der Waals surface area contributed by atoms with E-state index in [9.17, 15) is 0 Å². The van der Waals surface area contributed by atoms with Crippen LogP contribution in [0.4, 0.5) is 0 Å². The van der Waals surface area contributed by atoms with Crippen molar-refractivity contribution >= 4 is 0 Å². The molecule has 2 N–H and O–H groups in total. The summed E-state index contributed by atoms with van der Waals surface area (Å²) in [5, 5.41) is 18.1. The highest BCUT2D eigenvalue weighted by atomic mass is 17.3. The lowest BCUT2D eigenvalue weighted by molar-refractivity contribution is -0.513. The Kier molecular flexibility index (Phi) is 10.6. The van der Waals surface area contributed by atoms with E-state index in [-0.39, 0.29) is 10.8 Å². The summed E-state index contributed by atoms with van der Waals surface area (Å²) in [5.41, 5.74) is -0.172. The van der Waals surface area contributed by atoms with Crippen LogP contribution in [0, 0.1) is 22.7 Å². The minimum Gasteiger partial charge on any atom is -0.249 e. The Morgan fingerprint density at radius 2 is 0.917 bits per heavy atom. The zero-order valence-corrected chi connectivity index (χ0v) is 16.7. The van der Waals surface area contributed by atoms with Gasteiger partial charge in [-0.15, -0.1) is 0 Å². The standard InChI is InChI=1S/C18H38O6/c1-13(2)9-17(5,6)11-15(21-19)23-24-16(22-20)12-18(7,8)10-14(3)4/h13-16,19-20H,9-12H2,1-8H3. The summed E-state index contributed by atoms with van der Waals surface area (Å²) in [7, 11) is 0. The summed E-state index contributed by atoms with van der Waals surface area (Å²) in [5.74, 6) is 1.04. The lowest BCUT2D eigenvalue weighted by Gasteiger charge is -2.31. The monoisotopic (exact) mass is 350 g/mol. The van der Waals surface area contributed by atoms with Crippen LogP contribution in [0.25, 0.3) is 0 Å². The lowest BCUT2D eigenvalue weighted by atomic mass is 9.81. The second-order valence-electron chi connectivity index (χ2n) is 9.20. The van der Waals surface area contributed by atoms with Gasteiger partial charge < -0.3 is 0 Å². The van der Waals surface area contributed by atoms with E-state index in [2.05, 4.69) is 65.2 Å². The fourth-order valence-corrected chi connectivity index (χ4v) is 3.58. The van der Waals surface area contributed by atoms with Crippen molar-refractivity contribution in [3.05, 3.63) is 0 Å². The van der Waals surface area contributed by atoms with E-state index < -0.39 is 12.6 Å². The van der Waals surface area contributed by atoms with Crippen LogP contribution in [0.15, 0.2) is 0 Å². The van der Waals surface area contributed by atoms with Crippen LogP contribution in [0.1, 0.15) is 81.1 Å². The van der Waals surface area contributed by atoms with Crippen LogP contribution in [0.2, 0.25) is 0 Å². The minimum atomic E-state index is -0.940. The second-order valence-corrected chi connectivity index (χ2v) is 9.20. The van der Waals surface area contributed by atoms with Gasteiger partial charge in [0.05, 0.1) is 0 Å². The summed E-state index contributed by atoms with van der Waals surface area (Å²) < 4.78 is 0. The van der Waals surface area contributed by atoms with Gasteiger partial charge in [0.15, 0.2) is 0 Å². The van der Waals surface area contributed by atoms with E-state index in [0.717, 1.165) is 12.8 Å². The Morgan fingerprint density at radius 3 is 1.12 bits per heavy atom. The van der Waals surface area contributed by atoms with E-state index in [1.54, 1.807) is 0 Å². The Morgan fingerprint density at radius 1 is 0.625 bits per heavy atom. The first-order valence-electron chi connectivity index (χ1n) is 8.83. The summed E-state index contributed by atoms with van der Waals surface area (Å²) in [6, 6.07) is 0. The summed E-state index contributed by atoms with van der Waals surface area (Å²) in [6.45, 7) is 16.9. The molecular weight excluding hydrogens is 312 g/mol. The third kappa shape index (κ3) is 11.3. The molecule has 2 atom stereocenters. The first-order chi connectivity index (χ1) is 10.9. The van der Waals surface area contributed by atoms with Crippen molar-refractivity contribution in [2.45, 2.75) is 93.7 Å². The topological polar surface area (TPSA) is 77.4 Å². The molecule has 0 radical (unpaired) electrons. The Bertz CT molecular complexity index is 295. The van der Waals surface area contributed by atoms with Crippen LogP contribution >= 0.6 is 0 Å². The lowest BCUT2D eigenvalue weighted by Crippen LogP contribution is -2.31. The van der Waals surface area contributed by atoms with Gasteiger partial charge in [-0.25, -0.2) is 20.3 Å². The van der Waals surface area contributed by atoms with Crippen molar-refractivity contribution in [2.75, 3.05) is 0 Å². The van der Waals surface area contributed by atoms with Gasteiger partial charge in [-0.2, -0.15) is 9.78 Å². The maximum absolute atomic E-state index is 9.05. The van der Waals surface area contributed by atoms with Crippen molar-refractivity contribution in [3.63, 3.8) is 0 Å². The Labute approximate surface area is 147 Å². The average molecular weight is 350 g/mol. The molecule has 0 aromatic carbocycles. The fourth-order valence-electron chi connectivity index (χ4n) is 3.58. The molecule has 24 heavy (non-hydrogen) atoms. The highest BCUT2D eigenvalue weighted by molar-refractivity contribution is 4.72. The molecule has 146 valence electrons. The molecule has 0 bridgehead atoms. The van der Waals surface area contributed by atoms with Crippen molar-refractivity contribution in [1.82, 2.24) is 0 Å². The van der Waals surface area contributed by atoms with Gasteiger partial charge in [-0.3, -0.25) is 0 Å². The van der Waals surface area contributed by atoms with Gasteiger partial charge in [-0.1, -0.05) is 55.4 Å². The van der Waals surface area contributed by atoms with Gasteiger partial charge in [-0.05, 0) is 35.5 Å². The van der Waals surface area contributed by atoms with Crippen molar-refractivity contribution < 1.29 is 30.1 Å². The molecule has 0 saturated carbocycles. The molecule has 0 aromatic rings. The van der Waals surface area contributed by atoms with E-state index in [4.69, 9.17) is 20.3 Å². The normalized spacial score (nSPS) is 16.0. The molecule has 2 unspecified atom stereocenters. The zero-order chi connectivity index (χ0) is 19.0. The van der Waals surface area contributed by atoms with Gasteiger partial charge in [0.25, 0.3) is 0 Å². The molecule has 0 saturated heterocycles. The van der Waals surface area contributed by atoms with Gasteiger partial charge in [0, 0.05) is 12.8 Å². The van der Waals surface area contributed by atoms with Crippen LogP contribution in [0.5, 0.6) is 0 Å². The molecule has 0 aliphatic rings. The highest BCUT2D eigenvalue weighted by Crippen LogP contribution is 2.33. The second kappa shape index (κ2) is 10.7. The third-order valence-electron chi connectivity index (χ3n) is 3.87. The average Bonchev–Trinajstić information content (AvgIpc) is 2.38. The van der Waals surface area contributed by atoms with E-state index in [0.29, 0.717) is 24.7 Å². The van der Waals surface area contributed by atoms with E-state index >= 15 is 0 Å². The van der Waals surface area contributed by atoms with Crippen molar-refractivity contribution in [2.24, 2.45) is 22.7 Å². The molecule has 0 rings (SSSR count). The Hall–Kier alpha value is -0.240. The number of rotatable bonds is 13. The molecule has 6 nitrogen and oxygen atoms in total. The van der Waals surface area contributed by atoms with E-state index in [1.165, 1.54) is 0 Å². The minimum absolute atomic E-state index is 0.0859. The molecule has 0 aliphatic heterocycles.